The third-order valence-electron chi connectivity index (χ3n) is 5.24. The molecule has 3 rings (SSSR count). The number of rotatable bonds is 9. The number of aromatic nitrogens is 1. The molecule has 0 saturated carbocycles. The van der Waals surface area contributed by atoms with Crippen LogP contribution in [0.15, 0.2) is 82.8 Å². The van der Waals surface area contributed by atoms with Gasteiger partial charge in [-0.15, -0.1) is 0 Å². The van der Waals surface area contributed by atoms with Crippen LogP contribution in [-0.4, -0.2) is 48.9 Å². The zero-order valence-electron chi connectivity index (χ0n) is 19.7. The van der Waals surface area contributed by atoms with E-state index in [-0.39, 0.29) is 9.79 Å². The van der Waals surface area contributed by atoms with E-state index in [1.165, 1.54) is 42.6 Å². The van der Waals surface area contributed by atoms with Gasteiger partial charge in [-0.05, 0) is 69.3 Å². The van der Waals surface area contributed by atoms with Crippen LogP contribution in [0.3, 0.4) is 0 Å². The molecule has 2 aromatic carbocycles. The minimum atomic E-state index is -4.39. The lowest BCUT2D eigenvalue weighted by Gasteiger charge is -2.31. The number of nitrogens with one attached hydrogen (secondary N) is 1. The second-order valence-electron chi connectivity index (χ2n) is 8.07. The molecular weight excluding hydrogens is 510 g/mol. The third kappa shape index (κ3) is 6.44. The molecule has 36 heavy (non-hydrogen) atoms. The molecular formula is C23H27N3O8S2. The van der Waals surface area contributed by atoms with Crippen molar-refractivity contribution in [2.45, 2.75) is 41.4 Å². The van der Waals surface area contributed by atoms with Crippen molar-refractivity contribution in [2.75, 3.05) is 0 Å². The van der Waals surface area contributed by atoms with Gasteiger partial charge in [0.2, 0.25) is 10.0 Å². The lowest BCUT2D eigenvalue weighted by Crippen LogP contribution is -2.57. The summed E-state index contributed by atoms with van der Waals surface area (Å²) in [5.74, 6) is 2.80. The van der Waals surface area contributed by atoms with Crippen molar-refractivity contribution in [3.05, 3.63) is 78.6 Å². The number of carboxylic acid groups (broad SMARTS) is 1. The lowest BCUT2D eigenvalue weighted by molar-refractivity contribution is -0.139. The summed E-state index contributed by atoms with van der Waals surface area (Å²) in [7, 11) is -8.66. The van der Waals surface area contributed by atoms with Crippen LogP contribution in [0.25, 0.3) is 0 Å². The van der Waals surface area contributed by atoms with Crippen molar-refractivity contribution >= 4 is 25.8 Å². The summed E-state index contributed by atoms with van der Waals surface area (Å²) in [5.41, 5.74) is 1.06. The number of carbonyl (C=O) groups is 1. The highest BCUT2D eigenvalue weighted by atomic mass is 32.2. The molecule has 5 N–H and O–H groups in total. The molecule has 3 aromatic rings. The van der Waals surface area contributed by atoms with E-state index in [1.807, 2.05) is 23.8 Å². The van der Waals surface area contributed by atoms with E-state index in [2.05, 4.69) is 10.9 Å². The maximum atomic E-state index is 13.1. The highest BCUT2D eigenvalue weighted by Gasteiger charge is 2.48. The van der Waals surface area contributed by atoms with Crippen molar-refractivity contribution in [3.8, 4) is 11.5 Å². The molecule has 11 nitrogen and oxygen atoms in total. The number of aryl methyl sites for hydroxylation is 1. The van der Waals surface area contributed by atoms with Crippen molar-refractivity contribution in [3.63, 3.8) is 0 Å². The second kappa shape index (κ2) is 11.6. The fourth-order valence-corrected chi connectivity index (χ4v) is 6.05. The normalized spacial score (nSPS) is 12.7. The van der Waals surface area contributed by atoms with Crippen LogP contribution in [0.4, 0.5) is 0 Å². The number of pyridine rings is 1. The quantitative estimate of drug-likeness (QED) is 0.295. The topological polar surface area (TPSA) is 186 Å². The molecule has 0 fully saturated rings. The summed E-state index contributed by atoms with van der Waals surface area (Å²) < 4.78 is 57.8. The Labute approximate surface area is 209 Å². The van der Waals surface area contributed by atoms with Gasteiger partial charge in [0.1, 0.15) is 17.5 Å². The first kappa shape index (κ1) is 28.9. The van der Waals surface area contributed by atoms with Gasteiger partial charge in [0.05, 0.1) is 14.5 Å². The van der Waals surface area contributed by atoms with Crippen molar-refractivity contribution in [2.24, 2.45) is 5.90 Å². The number of nitrogens with two attached hydrogens (primary N) is 1. The van der Waals surface area contributed by atoms with Gasteiger partial charge in [0, 0.05) is 12.4 Å². The fraction of sp³-hybridized carbons (Fsp3) is 0.217. The van der Waals surface area contributed by atoms with Crippen LogP contribution in [0.2, 0.25) is 0 Å². The van der Waals surface area contributed by atoms with E-state index < -0.39 is 36.6 Å². The Morgan fingerprint density at radius 2 is 1.47 bits per heavy atom. The minimum absolute atomic E-state index is 0.219. The van der Waals surface area contributed by atoms with Crippen molar-refractivity contribution in [1.29, 1.82) is 0 Å². The maximum Gasteiger partial charge on any atom is 0.323 e. The van der Waals surface area contributed by atoms with Gasteiger partial charge in [0.25, 0.3) is 0 Å². The van der Waals surface area contributed by atoms with E-state index in [0.29, 0.717) is 11.5 Å². The molecule has 194 valence electrons. The van der Waals surface area contributed by atoms with Gasteiger partial charge in [-0.2, -0.15) is 4.72 Å². The molecule has 0 bridgehead atoms. The van der Waals surface area contributed by atoms with Crippen LogP contribution in [0.1, 0.15) is 19.4 Å². The predicted octanol–water partition coefficient (Wildman–Crippen LogP) is 2.50. The van der Waals surface area contributed by atoms with E-state index >= 15 is 0 Å². The zero-order valence-corrected chi connectivity index (χ0v) is 21.3. The minimum Gasteiger partial charge on any atom is -0.480 e. The highest BCUT2D eigenvalue weighted by Crippen LogP contribution is 2.30. The monoisotopic (exact) mass is 537 g/mol. The average molecular weight is 538 g/mol. The maximum absolute atomic E-state index is 13.1. The Hall–Kier alpha value is -3.36. The van der Waals surface area contributed by atoms with Crippen molar-refractivity contribution in [1.82, 2.24) is 9.71 Å². The van der Waals surface area contributed by atoms with Gasteiger partial charge in [-0.25, -0.2) is 22.7 Å². The number of sulfone groups is 1. The van der Waals surface area contributed by atoms with Gasteiger partial charge < -0.3 is 15.1 Å². The van der Waals surface area contributed by atoms with E-state index in [9.17, 15) is 26.7 Å². The Balaban J connectivity index is 0.00000222. The molecule has 0 aliphatic rings. The van der Waals surface area contributed by atoms with Gasteiger partial charge in [-0.1, -0.05) is 17.7 Å². The lowest BCUT2D eigenvalue weighted by atomic mass is 10.1. The van der Waals surface area contributed by atoms with E-state index in [4.69, 9.17) is 9.94 Å². The predicted molar refractivity (Wildman–Crippen MR) is 131 cm³/mol. The Kier molecular flexibility index (Phi) is 9.29. The first-order valence-corrected chi connectivity index (χ1v) is 13.3. The summed E-state index contributed by atoms with van der Waals surface area (Å²) in [4.78, 5) is 15.3. The van der Waals surface area contributed by atoms with Crippen LogP contribution >= 0.6 is 0 Å². The van der Waals surface area contributed by atoms with Crippen molar-refractivity contribution < 1.29 is 36.7 Å². The number of hydrogen-bond acceptors (Lipinski definition) is 9. The Morgan fingerprint density at radius 1 is 0.944 bits per heavy atom. The summed E-state index contributed by atoms with van der Waals surface area (Å²) in [6, 6.07) is 13.3. The third-order valence-corrected chi connectivity index (χ3v) is 9.16. The Bertz CT molecular complexity index is 1380. The molecule has 0 saturated heterocycles. The van der Waals surface area contributed by atoms with Gasteiger partial charge >= 0.3 is 5.97 Å². The van der Waals surface area contributed by atoms with Crippen LogP contribution < -0.4 is 15.4 Å². The molecule has 0 aliphatic heterocycles. The van der Waals surface area contributed by atoms with Crippen LogP contribution in [0, 0.1) is 6.92 Å². The molecule has 0 radical (unpaired) electrons. The molecule has 0 spiro atoms. The van der Waals surface area contributed by atoms with Crippen LogP contribution in [-0.2, 0) is 24.7 Å². The largest absolute Gasteiger partial charge is 0.480 e. The Morgan fingerprint density at radius 3 is 1.94 bits per heavy atom. The molecule has 1 atom stereocenters. The number of ether oxygens (including phenoxy) is 1. The molecule has 0 amide bonds. The van der Waals surface area contributed by atoms with Gasteiger partial charge in [-0.3, -0.25) is 9.78 Å². The fourth-order valence-electron chi connectivity index (χ4n) is 3.11. The van der Waals surface area contributed by atoms with Gasteiger partial charge in [0.15, 0.2) is 9.84 Å². The summed E-state index contributed by atoms with van der Waals surface area (Å²) in [6.45, 7) is 4.23. The molecule has 0 aliphatic carbocycles. The SMILES string of the molecule is Cc1ccc(Oc2ccc(S(=O)(=O)N[C@H](C(=O)O)C(C)(C)S(=O)(=O)c3cccnc3)cc2)cc1.NO. The summed E-state index contributed by atoms with van der Waals surface area (Å²) in [5, 5.41) is 16.2. The average Bonchev–Trinajstić information content (AvgIpc) is 2.86. The number of aliphatic carboxylic acids is 1. The first-order chi connectivity index (χ1) is 16.8. The number of carboxylic acids is 1. The number of sulfonamides is 1. The molecule has 1 heterocycles. The molecule has 13 heteroatoms. The number of nitrogens with zero attached hydrogens (tertiary/aromatic N) is 1. The number of hydrogen-bond donors (Lipinski definition) is 4. The zero-order chi connectivity index (χ0) is 27.1. The smallest absolute Gasteiger partial charge is 0.323 e. The van der Waals surface area contributed by atoms with E-state index in [0.717, 1.165) is 25.6 Å². The standard InChI is InChI=1S/C23H24N2O7S2.H3NO/c1-16-6-8-17(9-7-16)32-18-10-12-19(13-11-18)34(30,31)25-21(22(26)27)23(2,3)33(28,29)20-5-4-14-24-15-20;1-2/h4-15,21,25H,1-3H3,(H,26,27);2H,1H2/t21-;/m1./s1. The highest BCUT2D eigenvalue weighted by molar-refractivity contribution is 7.93. The second-order valence-corrected chi connectivity index (χ2v) is 12.3. The first-order valence-electron chi connectivity index (χ1n) is 10.3. The van der Waals surface area contributed by atoms with E-state index in [1.54, 1.807) is 12.1 Å². The van der Waals surface area contributed by atoms with Crippen LogP contribution in [0.5, 0.6) is 11.5 Å². The summed E-state index contributed by atoms with van der Waals surface area (Å²) >= 11 is 0. The summed E-state index contributed by atoms with van der Waals surface area (Å²) in [6.07, 6.45) is 2.45. The number of benzene rings is 2. The molecule has 0 unspecified atom stereocenters. The molecule has 1 aromatic heterocycles.